The Morgan fingerprint density at radius 2 is 1.69 bits per heavy atom. The van der Waals surface area contributed by atoms with Gasteiger partial charge in [-0.25, -0.2) is 0 Å². The van der Waals surface area contributed by atoms with Gasteiger partial charge >= 0.3 is 7.60 Å². The van der Waals surface area contributed by atoms with Crippen molar-refractivity contribution in [1.82, 2.24) is 0 Å². The average Bonchev–Trinajstić information content (AvgIpc) is 2.24. The summed E-state index contributed by atoms with van der Waals surface area (Å²) in [4.78, 5) is 0. The van der Waals surface area contributed by atoms with Gasteiger partial charge in [0.15, 0.2) is 0 Å². The summed E-state index contributed by atoms with van der Waals surface area (Å²) in [6.45, 7) is 4.74. The summed E-state index contributed by atoms with van der Waals surface area (Å²) in [7, 11) is -1.69. The molecule has 6 heteroatoms. The second-order valence-electron chi connectivity index (χ2n) is 3.57. The maximum atomic E-state index is 12.2. The van der Waals surface area contributed by atoms with E-state index in [1.165, 1.54) is 7.11 Å². The molecule has 0 amide bonds. The molecule has 0 radical (unpaired) electrons. The van der Waals surface area contributed by atoms with E-state index in [1.54, 1.807) is 0 Å². The molecule has 98 valence electrons. The van der Waals surface area contributed by atoms with Gasteiger partial charge in [-0.2, -0.15) is 0 Å². The van der Waals surface area contributed by atoms with Gasteiger partial charge in [0.1, 0.15) is 0 Å². The van der Waals surface area contributed by atoms with Crippen LogP contribution >= 0.6 is 7.60 Å². The highest BCUT2D eigenvalue weighted by Gasteiger charge is 2.27. The Balaban J connectivity index is 4.22. The summed E-state index contributed by atoms with van der Waals surface area (Å²) in [5.74, 6) is 0. The smallest absolute Gasteiger partial charge is 0.333 e. The minimum atomic E-state index is -3.17. The Morgan fingerprint density at radius 1 is 1.19 bits per heavy atom. The van der Waals surface area contributed by atoms with E-state index < -0.39 is 13.7 Å². The lowest BCUT2D eigenvalue weighted by atomic mass is 10.4. The van der Waals surface area contributed by atoms with Crippen molar-refractivity contribution in [2.24, 2.45) is 0 Å². The number of methoxy groups -OCH3 is 1. The fraction of sp³-hybridized carbons (Fsp3) is 1.00. The molecule has 1 unspecified atom stereocenters. The molecule has 0 spiro atoms. The zero-order valence-electron chi connectivity index (χ0n) is 10.3. The van der Waals surface area contributed by atoms with Crippen molar-refractivity contribution in [3.63, 3.8) is 0 Å². The van der Waals surface area contributed by atoms with E-state index >= 15 is 0 Å². The van der Waals surface area contributed by atoms with Crippen LogP contribution in [0.5, 0.6) is 0 Å². The van der Waals surface area contributed by atoms with Crippen LogP contribution in [0, 0.1) is 0 Å². The van der Waals surface area contributed by atoms with E-state index in [-0.39, 0.29) is 12.8 Å². The maximum Gasteiger partial charge on any atom is 0.333 e. The first-order chi connectivity index (χ1) is 7.58. The summed E-state index contributed by atoms with van der Waals surface area (Å²) >= 11 is 0. The Kier molecular flexibility index (Phi) is 9.18. The lowest BCUT2D eigenvalue weighted by Gasteiger charge is -2.20. The number of hydrogen-bond acceptors (Lipinski definition) is 5. The van der Waals surface area contributed by atoms with Crippen LogP contribution in [0.25, 0.3) is 0 Å². The predicted octanol–water partition coefficient (Wildman–Crippen LogP) is 2.04. The maximum absolute atomic E-state index is 12.2. The molecule has 0 aliphatic rings. The summed E-state index contributed by atoms with van der Waals surface area (Å²) in [6.07, 6.45) is 0.699. The lowest BCUT2D eigenvalue weighted by Crippen LogP contribution is -2.20. The Bertz CT molecular complexity index is 197. The van der Waals surface area contributed by atoms with E-state index in [4.69, 9.17) is 13.8 Å². The molecule has 0 aromatic heterocycles. The van der Waals surface area contributed by atoms with Crippen molar-refractivity contribution in [2.45, 2.75) is 32.8 Å². The number of rotatable bonds is 10. The topological polar surface area (TPSA) is 65.0 Å². The van der Waals surface area contributed by atoms with Crippen LogP contribution in [0.2, 0.25) is 0 Å². The fourth-order valence-corrected chi connectivity index (χ4v) is 2.94. The molecule has 0 aromatic rings. The van der Waals surface area contributed by atoms with Crippen molar-refractivity contribution >= 4 is 7.60 Å². The van der Waals surface area contributed by atoms with Gasteiger partial charge in [-0.3, -0.25) is 4.57 Å². The molecule has 0 heterocycles. The van der Waals surface area contributed by atoms with Crippen LogP contribution < -0.4 is 0 Å². The molecule has 0 saturated heterocycles. The first-order valence-corrected chi connectivity index (χ1v) is 7.36. The van der Waals surface area contributed by atoms with Crippen molar-refractivity contribution < 1.29 is 23.5 Å². The van der Waals surface area contributed by atoms with Gasteiger partial charge < -0.3 is 18.9 Å². The largest absolute Gasteiger partial charge is 0.390 e. The SMILES string of the molecule is CCCOP(=O)(CC(O)COC)OCCC. The number of ether oxygens (including phenoxy) is 1. The van der Waals surface area contributed by atoms with Gasteiger partial charge in [-0.1, -0.05) is 13.8 Å². The molecule has 0 bridgehead atoms. The van der Waals surface area contributed by atoms with Gasteiger partial charge in [0.05, 0.1) is 32.1 Å². The molecule has 0 aliphatic heterocycles. The third-order valence-electron chi connectivity index (χ3n) is 1.78. The Labute approximate surface area is 97.6 Å². The monoisotopic (exact) mass is 254 g/mol. The number of aliphatic hydroxyl groups is 1. The van der Waals surface area contributed by atoms with Crippen LogP contribution in [0.4, 0.5) is 0 Å². The molecular weight excluding hydrogens is 231 g/mol. The van der Waals surface area contributed by atoms with E-state index in [0.717, 1.165) is 12.8 Å². The Hall–Kier alpha value is 0.0700. The third-order valence-corrected chi connectivity index (χ3v) is 3.80. The summed E-state index contributed by atoms with van der Waals surface area (Å²) in [6, 6.07) is 0. The van der Waals surface area contributed by atoms with Crippen LogP contribution in [-0.2, 0) is 18.3 Å². The normalized spacial score (nSPS) is 14.0. The first-order valence-electron chi connectivity index (χ1n) is 5.63. The highest BCUT2D eigenvalue weighted by atomic mass is 31.2. The minimum absolute atomic E-state index is 0.0131. The van der Waals surface area contributed by atoms with Gasteiger partial charge in [-0.05, 0) is 12.8 Å². The molecule has 5 nitrogen and oxygen atoms in total. The molecule has 0 rings (SSSR count). The molecule has 16 heavy (non-hydrogen) atoms. The van der Waals surface area contributed by atoms with Crippen molar-refractivity contribution in [1.29, 1.82) is 0 Å². The third kappa shape index (κ3) is 7.36. The molecule has 0 aliphatic carbocycles. The zero-order valence-corrected chi connectivity index (χ0v) is 11.2. The average molecular weight is 254 g/mol. The number of aliphatic hydroxyl groups excluding tert-OH is 1. The Morgan fingerprint density at radius 3 is 2.06 bits per heavy atom. The fourth-order valence-electron chi connectivity index (χ4n) is 1.11. The van der Waals surface area contributed by atoms with E-state index in [1.807, 2.05) is 13.8 Å². The second kappa shape index (κ2) is 9.14. The van der Waals surface area contributed by atoms with Crippen molar-refractivity contribution in [3.05, 3.63) is 0 Å². The molecule has 0 saturated carbocycles. The molecule has 1 N–H and O–H groups in total. The van der Waals surface area contributed by atoms with Crippen LogP contribution in [0.15, 0.2) is 0 Å². The van der Waals surface area contributed by atoms with Gasteiger partial charge in [0.25, 0.3) is 0 Å². The van der Waals surface area contributed by atoms with Crippen LogP contribution in [0.3, 0.4) is 0 Å². The van der Waals surface area contributed by atoms with Crippen LogP contribution in [-0.4, -0.2) is 44.3 Å². The summed E-state index contributed by atoms with van der Waals surface area (Å²) < 4.78 is 27.4. The van der Waals surface area contributed by atoms with Gasteiger partial charge in [-0.15, -0.1) is 0 Å². The molecule has 1 atom stereocenters. The minimum Gasteiger partial charge on any atom is -0.390 e. The highest BCUT2D eigenvalue weighted by Crippen LogP contribution is 2.48. The summed E-state index contributed by atoms with van der Waals surface area (Å²) in [5.41, 5.74) is 0. The van der Waals surface area contributed by atoms with E-state index in [9.17, 15) is 9.67 Å². The lowest BCUT2D eigenvalue weighted by molar-refractivity contribution is 0.0719. The highest BCUT2D eigenvalue weighted by molar-refractivity contribution is 7.53. The van der Waals surface area contributed by atoms with Crippen molar-refractivity contribution in [3.8, 4) is 0 Å². The van der Waals surface area contributed by atoms with E-state index in [0.29, 0.717) is 13.2 Å². The van der Waals surface area contributed by atoms with Gasteiger partial charge in [0, 0.05) is 7.11 Å². The summed E-state index contributed by atoms with van der Waals surface area (Å²) in [5, 5.41) is 9.53. The second-order valence-corrected chi connectivity index (χ2v) is 5.67. The van der Waals surface area contributed by atoms with E-state index in [2.05, 4.69) is 0 Å². The zero-order chi connectivity index (χ0) is 12.4. The van der Waals surface area contributed by atoms with Crippen molar-refractivity contribution in [2.75, 3.05) is 33.1 Å². The molecule has 0 aromatic carbocycles. The molecular formula is C10H23O5P. The number of hydrogen-bond donors (Lipinski definition) is 1. The molecule has 0 fully saturated rings. The van der Waals surface area contributed by atoms with Crippen LogP contribution in [0.1, 0.15) is 26.7 Å². The standard InChI is InChI=1S/C10H23O5P/c1-4-6-14-16(12,15-7-5-2)9-10(11)8-13-3/h10-11H,4-9H2,1-3H3. The predicted molar refractivity (Wildman–Crippen MR) is 62.8 cm³/mol. The quantitative estimate of drug-likeness (QED) is 0.604. The first kappa shape index (κ1) is 16.1. The van der Waals surface area contributed by atoms with Gasteiger partial charge in [0.2, 0.25) is 0 Å².